The van der Waals surface area contributed by atoms with Crippen molar-refractivity contribution in [3.8, 4) is 12.3 Å². The fraction of sp³-hybridized carbons (Fsp3) is 0.353. The SMILES string of the molecule is C#Cc1ccc2c(c1)C1(CCC2)OCCn2cncc21. The van der Waals surface area contributed by atoms with Gasteiger partial charge in [0.25, 0.3) is 0 Å². The molecule has 0 saturated heterocycles. The molecule has 0 bridgehead atoms. The van der Waals surface area contributed by atoms with Crippen LogP contribution in [0, 0.1) is 12.3 Å². The van der Waals surface area contributed by atoms with Crippen LogP contribution in [0.4, 0.5) is 0 Å². The van der Waals surface area contributed by atoms with Crippen molar-refractivity contribution >= 4 is 0 Å². The molecular formula is C17H16N2O. The van der Waals surface area contributed by atoms with Gasteiger partial charge >= 0.3 is 0 Å². The van der Waals surface area contributed by atoms with Gasteiger partial charge in [0, 0.05) is 12.1 Å². The van der Waals surface area contributed by atoms with Crippen LogP contribution in [0.3, 0.4) is 0 Å². The van der Waals surface area contributed by atoms with E-state index in [0.717, 1.165) is 38.0 Å². The summed E-state index contributed by atoms with van der Waals surface area (Å²) in [6, 6.07) is 6.30. The van der Waals surface area contributed by atoms with Gasteiger partial charge in [0.05, 0.1) is 24.8 Å². The van der Waals surface area contributed by atoms with Crippen molar-refractivity contribution in [1.29, 1.82) is 0 Å². The summed E-state index contributed by atoms with van der Waals surface area (Å²) in [6.07, 6.45) is 12.6. The third-order valence-corrected chi connectivity index (χ3v) is 4.49. The minimum atomic E-state index is -0.352. The van der Waals surface area contributed by atoms with Crippen molar-refractivity contribution in [3.63, 3.8) is 0 Å². The number of nitrogens with zero attached hydrogens (tertiary/aromatic N) is 2. The second-order valence-electron chi connectivity index (χ2n) is 5.52. The molecule has 3 heteroatoms. The minimum Gasteiger partial charge on any atom is -0.362 e. The molecule has 2 aromatic rings. The highest BCUT2D eigenvalue weighted by atomic mass is 16.5. The Morgan fingerprint density at radius 1 is 1.40 bits per heavy atom. The first kappa shape index (κ1) is 11.7. The fourth-order valence-electron chi connectivity index (χ4n) is 3.57. The van der Waals surface area contributed by atoms with Gasteiger partial charge in [-0.15, -0.1) is 6.42 Å². The minimum absolute atomic E-state index is 0.352. The molecule has 2 aliphatic rings. The second kappa shape index (κ2) is 4.22. The van der Waals surface area contributed by atoms with E-state index in [2.05, 4.69) is 27.6 Å². The van der Waals surface area contributed by atoms with Crippen LogP contribution in [0.15, 0.2) is 30.7 Å². The largest absolute Gasteiger partial charge is 0.362 e. The number of benzene rings is 1. The number of ether oxygens (including phenoxy) is 1. The van der Waals surface area contributed by atoms with Crippen molar-refractivity contribution < 1.29 is 4.74 Å². The smallest absolute Gasteiger partial charge is 0.135 e. The summed E-state index contributed by atoms with van der Waals surface area (Å²) in [6.45, 7) is 1.60. The van der Waals surface area contributed by atoms with Crippen molar-refractivity contribution in [2.24, 2.45) is 0 Å². The van der Waals surface area contributed by atoms with Gasteiger partial charge in [0.1, 0.15) is 5.60 Å². The Morgan fingerprint density at radius 2 is 2.35 bits per heavy atom. The first-order valence-electron chi connectivity index (χ1n) is 7.08. The van der Waals surface area contributed by atoms with E-state index in [1.807, 2.05) is 18.6 Å². The number of terminal acetylenes is 1. The number of aromatic nitrogens is 2. The number of hydrogen-bond donors (Lipinski definition) is 0. The van der Waals surface area contributed by atoms with E-state index in [4.69, 9.17) is 11.2 Å². The molecule has 1 aromatic carbocycles. The van der Waals surface area contributed by atoms with Gasteiger partial charge in [-0.1, -0.05) is 12.0 Å². The molecule has 0 radical (unpaired) electrons. The Bertz CT molecular complexity index is 706. The summed E-state index contributed by atoms with van der Waals surface area (Å²) in [5, 5.41) is 0. The van der Waals surface area contributed by atoms with Crippen molar-refractivity contribution in [3.05, 3.63) is 53.1 Å². The predicted molar refractivity (Wildman–Crippen MR) is 76.3 cm³/mol. The molecule has 1 aliphatic carbocycles. The van der Waals surface area contributed by atoms with Crippen molar-refractivity contribution in [2.75, 3.05) is 6.61 Å². The van der Waals surface area contributed by atoms with E-state index in [1.54, 1.807) is 0 Å². The molecule has 0 saturated carbocycles. The van der Waals surface area contributed by atoms with Crippen LogP contribution in [-0.2, 0) is 23.3 Å². The molecule has 0 amide bonds. The zero-order chi connectivity index (χ0) is 13.6. The van der Waals surface area contributed by atoms with Gasteiger partial charge in [-0.2, -0.15) is 0 Å². The molecular weight excluding hydrogens is 248 g/mol. The standard InChI is InChI=1S/C17H16N2O/c1-2-13-5-6-14-4-3-7-17(15(14)10-13)16-11-18-12-19(16)8-9-20-17/h1,5-6,10-12H,3-4,7-9H2. The van der Waals surface area contributed by atoms with E-state index in [9.17, 15) is 0 Å². The molecule has 1 unspecified atom stereocenters. The first-order chi connectivity index (χ1) is 9.83. The quantitative estimate of drug-likeness (QED) is 0.683. The van der Waals surface area contributed by atoms with E-state index < -0.39 is 0 Å². The maximum atomic E-state index is 6.29. The van der Waals surface area contributed by atoms with Crippen LogP contribution in [0.5, 0.6) is 0 Å². The summed E-state index contributed by atoms with van der Waals surface area (Å²) in [7, 11) is 0. The van der Waals surface area contributed by atoms with Crippen molar-refractivity contribution in [2.45, 2.75) is 31.4 Å². The molecule has 4 rings (SSSR count). The van der Waals surface area contributed by atoms with Gasteiger partial charge in [0.15, 0.2) is 0 Å². The molecule has 0 fully saturated rings. The van der Waals surface area contributed by atoms with Gasteiger partial charge < -0.3 is 9.30 Å². The summed E-state index contributed by atoms with van der Waals surface area (Å²) < 4.78 is 8.50. The highest BCUT2D eigenvalue weighted by molar-refractivity contribution is 5.47. The number of fused-ring (bicyclic) bond motifs is 4. The van der Waals surface area contributed by atoms with Gasteiger partial charge in [-0.25, -0.2) is 4.98 Å². The van der Waals surface area contributed by atoms with E-state index >= 15 is 0 Å². The number of rotatable bonds is 0. The fourth-order valence-corrected chi connectivity index (χ4v) is 3.57. The van der Waals surface area contributed by atoms with Gasteiger partial charge in [-0.05, 0) is 42.5 Å². The summed E-state index contributed by atoms with van der Waals surface area (Å²) >= 11 is 0. The zero-order valence-electron chi connectivity index (χ0n) is 11.3. The molecule has 20 heavy (non-hydrogen) atoms. The van der Waals surface area contributed by atoms with Crippen LogP contribution in [0.25, 0.3) is 0 Å². The van der Waals surface area contributed by atoms with Crippen LogP contribution >= 0.6 is 0 Å². The Labute approximate surface area is 118 Å². The highest BCUT2D eigenvalue weighted by Crippen LogP contribution is 2.45. The Balaban J connectivity index is 1.97. The van der Waals surface area contributed by atoms with Crippen LogP contribution in [0.2, 0.25) is 0 Å². The van der Waals surface area contributed by atoms with Gasteiger partial charge in [-0.3, -0.25) is 0 Å². The van der Waals surface area contributed by atoms with Crippen LogP contribution in [-0.4, -0.2) is 16.2 Å². The van der Waals surface area contributed by atoms with E-state index in [0.29, 0.717) is 0 Å². The summed E-state index contributed by atoms with van der Waals surface area (Å²) in [4.78, 5) is 4.31. The average Bonchev–Trinajstić information content (AvgIpc) is 2.97. The lowest BCUT2D eigenvalue weighted by Gasteiger charge is -2.42. The van der Waals surface area contributed by atoms with E-state index in [1.165, 1.54) is 16.8 Å². The average molecular weight is 264 g/mol. The molecule has 1 spiro atoms. The Kier molecular flexibility index (Phi) is 2.48. The molecule has 100 valence electrons. The normalized spacial score (nSPS) is 23.9. The maximum absolute atomic E-state index is 6.29. The predicted octanol–water partition coefficient (Wildman–Crippen LogP) is 2.47. The number of aryl methyl sites for hydroxylation is 1. The molecule has 1 aromatic heterocycles. The molecule has 2 heterocycles. The highest BCUT2D eigenvalue weighted by Gasteiger charge is 2.43. The van der Waals surface area contributed by atoms with Crippen molar-refractivity contribution in [1.82, 2.24) is 9.55 Å². The molecule has 3 nitrogen and oxygen atoms in total. The lowest BCUT2D eigenvalue weighted by atomic mass is 9.76. The zero-order valence-corrected chi connectivity index (χ0v) is 11.3. The first-order valence-corrected chi connectivity index (χ1v) is 7.08. The lowest BCUT2D eigenvalue weighted by molar-refractivity contribution is -0.0581. The number of hydrogen-bond acceptors (Lipinski definition) is 2. The Hall–Kier alpha value is -2.05. The molecule has 1 atom stereocenters. The topological polar surface area (TPSA) is 27.1 Å². The monoisotopic (exact) mass is 264 g/mol. The van der Waals surface area contributed by atoms with Crippen LogP contribution < -0.4 is 0 Å². The molecule has 0 N–H and O–H groups in total. The Morgan fingerprint density at radius 3 is 3.25 bits per heavy atom. The second-order valence-corrected chi connectivity index (χ2v) is 5.52. The summed E-state index contributed by atoms with van der Waals surface area (Å²) in [5.74, 6) is 2.74. The lowest BCUT2D eigenvalue weighted by Crippen LogP contribution is -2.41. The number of imidazole rings is 1. The third-order valence-electron chi connectivity index (χ3n) is 4.49. The molecule has 1 aliphatic heterocycles. The van der Waals surface area contributed by atoms with Crippen LogP contribution in [0.1, 0.15) is 35.2 Å². The van der Waals surface area contributed by atoms with E-state index in [-0.39, 0.29) is 5.60 Å². The summed E-state index contributed by atoms with van der Waals surface area (Å²) in [5.41, 5.74) is 4.32. The maximum Gasteiger partial charge on any atom is 0.135 e. The third kappa shape index (κ3) is 1.49. The van der Waals surface area contributed by atoms with Gasteiger partial charge in [0.2, 0.25) is 0 Å².